The van der Waals surface area contributed by atoms with Gasteiger partial charge in [-0.05, 0) is 37.6 Å². The molecule has 7 nitrogen and oxygen atoms in total. The smallest absolute Gasteiger partial charge is 0.274 e. The number of H-pyrrole nitrogens is 1. The molecule has 2 aliphatic rings. The molecular weight excluding hydrogens is 375 g/mol. The molecule has 29 heavy (non-hydrogen) atoms. The third-order valence-corrected chi connectivity index (χ3v) is 5.52. The minimum absolute atomic E-state index is 0.147. The number of rotatable bonds is 3. The van der Waals surface area contributed by atoms with E-state index < -0.39 is 0 Å². The number of benzene rings is 1. The Hall–Kier alpha value is -3.00. The lowest BCUT2D eigenvalue weighted by molar-refractivity contribution is 0.0721. The zero-order chi connectivity index (χ0) is 20.0. The second-order valence-electron chi connectivity index (χ2n) is 7.53. The molecule has 0 saturated carbocycles. The molecule has 5 rings (SSSR count). The van der Waals surface area contributed by atoms with Crippen molar-refractivity contribution in [2.75, 3.05) is 19.8 Å². The number of halogens is 1. The van der Waals surface area contributed by atoms with Crippen molar-refractivity contribution in [2.24, 2.45) is 0 Å². The van der Waals surface area contributed by atoms with Gasteiger partial charge in [0.1, 0.15) is 28.8 Å². The Labute approximate surface area is 166 Å². The van der Waals surface area contributed by atoms with Crippen LogP contribution in [0.15, 0.2) is 28.7 Å². The van der Waals surface area contributed by atoms with Crippen LogP contribution in [0.2, 0.25) is 0 Å². The van der Waals surface area contributed by atoms with Crippen molar-refractivity contribution in [1.82, 2.24) is 19.9 Å². The minimum atomic E-state index is -0.311. The molecule has 0 bridgehead atoms. The quantitative estimate of drug-likeness (QED) is 0.735. The highest BCUT2D eigenvalue weighted by Gasteiger charge is 2.31. The van der Waals surface area contributed by atoms with E-state index in [4.69, 9.17) is 9.15 Å². The number of ether oxygens (including phenoxy) is 1. The zero-order valence-electron chi connectivity index (χ0n) is 16.1. The van der Waals surface area contributed by atoms with Crippen LogP contribution < -0.4 is 0 Å². The van der Waals surface area contributed by atoms with Crippen LogP contribution in [0, 0.1) is 12.7 Å². The molecule has 150 valence electrons. The first kappa shape index (κ1) is 18.1. The van der Waals surface area contributed by atoms with Gasteiger partial charge in [-0.1, -0.05) is 0 Å². The standard InChI is InChI=1S/C21H21FN4O3/c1-12-18(25-19(23-12)13-2-4-15(22)5-3-13)21(27)26-8-6-17-16(10-26)24-20(29-17)14-7-9-28-11-14/h2-5,14H,6-11H2,1H3,(H,23,25). The van der Waals surface area contributed by atoms with E-state index in [1.807, 2.05) is 6.92 Å². The van der Waals surface area contributed by atoms with E-state index in [1.165, 1.54) is 12.1 Å². The maximum absolute atomic E-state index is 13.2. The summed E-state index contributed by atoms with van der Waals surface area (Å²) in [5.74, 6) is 1.88. The van der Waals surface area contributed by atoms with Gasteiger partial charge in [0.2, 0.25) is 0 Å². The lowest BCUT2D eigenvalue weighted by atomic mass is 10.1. The molecule has 2 aromatic heterocycles. The molecular formula is C21H21FN4O3. The van der Waals surface area contributed by atoms with E-state index in [2.05, 4.69) is 15.0 Å². The molecule has 1 atom stereocenters. The van der Waals surface area contributed by atoms with Gasteiger partial charge in [0.05, 0.1) is 19.1 Å². The highest BCUT2D eigenvalue weighted by Crippen LogP contribution is 2.29. The van der Waals surface area contributed by atoms with Crippen LogP contribution in [-0.2, 0) is 17.7 Å². The summed E-state index contributed by atoms with van der Waals surface area (Å²) in [5.41, 5.74) is 2.61. The van der Waals surface area contributed by atoms with Crippen molar-refractivity contribution in [3.63, 3.8) is 0 Å². The van der Waals surface area contributed by atoms with Crippen LogP contribution in [0.3, 0.4) is 0 Å². The summed E-state index contributed by atoms with van der Waals surface area (Å²) in [6.07, 6.45) is 1.55. The lowest BCUT2D eigenvalue weighted by Crippen LogP contribution is -2.36. The van der Waals surface area contributed by atoms with Gasteiger partial charge in [-0.2, -0.15) is 0 Å². The normalized spacial score (nSPS) is 18.8. The Morgan fingerprint density at radius 1 is 1.28 bits per heavy atom. The Morgan fingerprint density at radius 3 is 2.86 bits per heavy atom. The second kappa shape index (κ2) is 7.11. The number of hydrogen-bond acceptors (Lipinski definition) is 5. The average molecular weight is 396 g/mol. The predicted octanol–water partition coefficient (Wildman–Crippen LogP) is 3.21. The van der Waals surface area contributed by atoms with Crippen molar-refractivity contribution >= 4 is 5.91 Å². The van der Waals surface area contributed by atoms with Crippen LogP contribution in [0.1, 0.15) is 45.9 Å². The van der Waals surface area contributed by atoms with Gasteiger partial charge in [-0.25, -0.2) is 14.4 Å². The monoisotopic (exact) mass is 396 g/mol. The molecule has 1 amide bonds. The number of carbonyl (C=O) groups excluding carboxylic acids is 1. The number of carbonyl (C=O) groups is 1. The number of amides is 1. The molecule has 0 spiro atoms. The summed E-state index contributed by atoms with van der Waals surface area (Å²) in [5, 5.41) is 0. The number of nitrogens with one attached hydrogen (secondary N) is 1. The first-order valence-corrected chi connectivity index (χ1v) is 9.76. The number of aromatic amines is 1. The molecule has 1 N–H and O–H groups in total. The van der Waals surface area contributed by atoms with Crippen molar-refractivity contribution in [2.45, 2.75) is 32.2 Å². The summed E-state index contributed by atoms with van der Waals surface area (Å²) >= 11 is 0. The van der Waals surface area contributed by atoms with E-state index in [9.17, 15) is 9.18 Å². The molecule has 1 fully saturated rings. The predicted molar refractivity (Wildman–Crippen MR) is 102 cm³/mol. The molecule has 4 heterocycles. The second-order valence-corrected chi connectivity index (χ2v) is 7.53. The third kappa shape index (κ3) is 3.33. The Morgan fingerprint density at radius 2 is 2.10 bits per heavy atom. The minimum Gasteiger partial charge on any atom is -0.445 e. The zero-order valence-corrected chi connectivity index (χ0v) is 16.1. The van der Waals surface area contributed by atoms with E-state index in [0.717, 1.165) is 35.9 Å². The topological polar surface area (TPSA) is 84.2 Å². The first-order valence-electron chi connectivity index (χ1n) is 9.76. The van der Waals surface area contributed by atoms with Crippen molar-refractivity contribution in [3.05, 3.63) is 58.8 Å². The summed E-state index contributed by atoms with van der Waals surface area (Å²) in [7, 11) is 0. The fourth-order valence-corrected chi connectivity index (χ4v) is 3.86. The highest BCUT2D eigenvalue weighted by atomic mass is 19.1. The summed E-state index contributed by atoms with van der Waals surface area (Å²) in [6.45, 7) is 4.15. The maximum Gasteiger partial charge on any atom is 0.274 e. The van der Waals surface area contributed by atoms with Crippen LogP contribution in [0.5, 0.6) is 0 Å². The van der Waals surface area contributed by atoms with Gasteiger partial charge >= 0.3 is 0 Å². The van der Waals surface area contributed by atoms with Crippen LogP contribution in [0.4, 0.5) is 4.39 Å². The molecule has 8 heteroatoms. The van der Waals surface area contributed by atoms with Gasteiger partial charge in [-0.3, -0.25) is 4.79 Å². The van der Waals surface area contributed by atoms with Crippen LogP contribution in [-0.4, -0.2) is 45.5 Å². The van der Waals surface area contributed by atoms with Gasteiger partial charge < -0.3 is 19.0 Å². The summed E-state index contributed by atoms with van der Waals surface area (Å²) in [4.78, 5) is 27.1. The Kier molecular flexibility index (Phi) is 4.43. The molecule has 1 unspecified atom stereocenters. The molecule has 0 radical (unpaired) electrons. The summed E-state index contributed by atoms with van der Waals surface area (Å²) in [6, 6.07) is 6.02. The van der Waals surface area contributed by atoms with Gasteiger partial charge in [0, 0.05) is 30.8 Å². The molecule has 2 aliphatic heterocycles. The number of aryl methyl sites for hydroxylation is 1. The van der Waals surface area contributed by atoms with Gasteiger partial charge in [0.15, 0.2) is 5.89 Å². The van der Waals surface area contributed by atoms with E-state index in [0.29, 0.717) is 43.3 Å². The van der Waals surface area contributed by atoms with Crippen molar-refractivity contribution < 1.29 is 18.3 Å². The number of imidazole rings is 1. The highest BCUT2D eigenvalue weighted by molar-refractivity contribution is 5.94. The number of aromatic nitrogens is 3. The van der Waals surface area contributed by atoms with Gasteiger partial charge in [-0.15, -0.1) is 0 Å². The number of nitrogens with zero attached hydrogens (tertiary/aromatic N) is 3. The van der Waals surface area contributed by atoms with Crippen molar-refractivity contribution in [3.8, 4) is 11.4 Å². The molecule has 1 aromatic carbocycles. The van der Waals surface area contributed by atoms with E-state index in [-0.39, 0.29) is 17.6 Å². The molecule has 1 saturated heterocycles. The maximum atomic E-state index is 13.2. The lowest BCUT2D eigenvalue weighted by Gasteiger charge is -2.24. The van der Waals surface area contributed by atoms with Crippen molar-refractivity contribution in [1.29, 1.82) is 0 Å². The number of fused-ring (bicyclic) bond motifs is 1. The SMILES string of the molecule is Cc1[nH]c(-c2ccc(F)cc2)nc1C(=O)N1CCc2oc(C3CCOC3)nc2C1. The van der Waals surface area contributed by atoms with E-state index in [1.54, 1.807) is 17.0 Å². The van der Waals surface area contributed by atoms with Crippen LogP contribution in [0.25, 0.3) is 11.4 Å². The third-order valence-electron chi connectivity index (χ3n) is 5.52. The Balaban J connectivity index is 1.36. The largest absolute Gasteiger partial charge is 0.445 e. The molecule has 3 aromatic rings. The average Bonchev–Trinajstić information content (AvgIpc) is 3.46. The Bertz CT molecular complexity index is 1050. The molecule has 0 aliphatic carbocycles. The van der Waals surface area contributed by atoms with Crippen LogP contribution >= 0.6 is 0 Å². The van der Waals surface area contributed by atoms with Gasteiger partial charge in [0.25, 0.3) is 5.91 Å². The van der Waals surface area contributed by atoms with E-state index >= 15 is 0 Å². The fraction of sp³-hybridized carbons (Fsp3) is 0.381. The summed E-state index contributed by atoms with van der Waals surface area (Å²) < 4.78 is 24.5. The fourth-order valence-electron chi connectivity index (χ4n) is 3.86. The first-order chi connectivity index (χ1) is 14.1. The number of oxazole rings is 1. The number of hydrogen-bond donors (Lipinski definition) is 1.